The normalized spacial score (nSPS) is 24.7. The van der Waals surface area contributed by atoms with Crippen molar-refractivity contribution >= 4 is 5.91 Å². The van der Waals surface area contributed by atoms with Gasteiger partial charge in [0.05, 0.1) is 12.6 Å². The first-order valence-electron chi connectivity index (χ1n) is 6.33. The molecule has 0 aliphatic carbocycles. The van der Waals surface area contributed by atoms with Crippen LogP contribution in [0.3, 0.4) is 0 Å². The second-order valence-electron chi connectivity index (χ2n) is 4.60. The van der Waals surface area contributed by atoms with Crippen molar-refractivity contribution in [1.82, 2.24) is 10.2 Å². The Labute approximate surface area is 98.0 Å². The van der Waals surface area contributed by atoms with E-state index in [4.69, 9.17) is 5.11 Å². The number of nitrogens with zero attached hydrogens (tertiary/aromatic N) is 1. The number of rotatable bonds is 6. The van der Waals surface area contributed by atoms with Crippen LogP contribution < -0.4 is 5.32 Å². The molecule has 1 aliphatic rings. The zero-order chi connectivity index (χ0) is 12.0. The predicted molar refractivity (Wildman–Crippen MR) is 64.1 cm³/mol. The first-order valence-corrected chi connectivity index (χ1v) is 6.33. The van der Waals surface area contributed by atoms with Crippen LogP contribution in [0.4, 0.5) is 0 Å². The number of amides is 1. The minimum Gasteiger partial charge on any atom is -0.395 e. The summed E-state index contributed by atoms with van der Waals surface area (Å²) >= 11 is 0. The van der Waals surface area contributed by atoms with E-state index >= 15 is 0 Å². The number of hydrogen-bond donors (Lipinski definition) is 2. The molecule has 0 saturated carbocycles. The summed E-state index contributed by atoms with van der Waals surface area (Å²) in [7, 11) is 0. The number of carbonyl (C=O) groups is 1. The van der Waals surface area contributed by atoms with E-state index < -0.39 is 0 Å². The Hall–Kier alpha value is -0.610. The second kappa shape index (κ2) is 6.86. The van der Waals surface area contributed by atoms with E-state index in [1.54, 1.807) is 4.90 Å². The van der Waals surface area contributed by atoms with E-state index in [1.807, 2.05) is 0 Å². The van der Waals surface area contributed by atoms with Crippen molar-refractivity contribution in [3.8, 4) is 0 Å². The molecule has 0 aromatic heterocycles. The topological polar surface area (TPSA) is 52.6 Å². The molecule has 0 bridgehead atoms. The quantitative estimate of drug-likeness (QED) is 0.700. The number of unbranched alkanes of at least 4 members (excludes halogenated alkanes) is 1. The SMILES string of the molecule is CCCCN(CCO)C(=O)C1NCCC1C. The first kappa shape index (κ1) is 13.5. The Morgan fingerprint density at radius 1 is 1.50 bits per heavy atom. The standard InChI is InChI=1S/C12H24N2O2/c1-3-4-7-14(8-9-15)12(16)11-10(2)5-6-13-11/h10-11,13,15H,3-9H2,1-2H3. The Bertz CT molecular complexity index is 221. The predicted octanol–water partition coefficient (Wildman–Crippen LogP) is 0.605. The molecule has 4 nitrogen and oxygen atoms in total. The molecule has 2 unspecified atom stereocenters. The molecule has 1 saturated heterocycles. The molecule has 1 amide bonds. The van der Waals surface area contributed by atoms with Crippen molar-refractivity contribution in [3.63, 3.8) is 0 Å². The summed E-state index contributed by atoms with van der Waals surface area (Å²) in [5, 5.41) is 12.2. The van der Waals surface area contributed by atoms with Crippen LogP contribution in [0.2, 0.25) is 0 Å². The lowest BCUT2D eigenvalue weighted by Crippen LogP contribution is -2.47. The lowest BCUT2D eigenvalue weighted by atomic mass is 10.0. The summed E-state index contributed by atoms with van der Waals surface area (Å²) < 4.78 is 0. The van der Waals surface area contributed by atoms with Crippen molar-refractivity contribution in [2.75, 3.05) is 26.2 Å². The van der Waals surface area contributed by atoms with Gasteiger partial charge in [0.15, 0.2) is 0 Å². The molecule has 1 rings (SSSR count). The van der Waals surface area contributed by atoms with Gasteiger partial charge in [-0.2, -0.15) is 0 Å². The minimum absolute atomic E-state index is 0.0385. The van der Waals surface area contributed by atoms with E-state index in [1.165, 1.54) is 0 Å². The van der Waals surface area contributed by atoms with Crippen LogP contribution in [0.5, 0.6) is 0 Å². The van der Waals surface area contributed by atoms with Crippen molar-refractivity contribution in [2.45, 2.75) is 39.2 Å². The number of aliphatic hydroxyl groups is 1. The monoisotopic (exact) mass is 228 g/mol. The van der Waals surface area contributed by atoms with Crippen LogP contribution in [-0.4, -0.2) is 48.2 Å². The highest BCUT2D eigenvalue weighted by Gasteiger charge is 2.31. The maximum Gasteiger partial charge on any atom is 0.240 e. The molecule has 16 heavy (non-hydrogen) atoms. The van der Waals surface area contributed by atoms with E-state index in [-0.39, 0.29) is 18.6 Å². The fraction of sp³-hybridized carbons (Fsp3) is 0.917. The third-order valence-corrected chi connectivity index (χ3v) is 3.26. The van der Waals surface area contributed by atoms with Gasteiger partial charge in [-0.05, 0) is 25.3 Å². The van der Waals surface area contributed by atoms with E-state index in [0.29, 0.717) is 12.5 Å². The molecule has 1 heterocycles. The maximum absolute atomic E-state index is 12.2. The lowest BCUT2D eigenvalue weighted by molar-refractivity contribution is -0.134. The Morgan fingerprint density at radius 2 is 2.25 bits per heavy atom. The van der Waals surface area contributed by atoms with Crippen LogP contribution in [0, 0.1) is 5.92 Å². The lowest BCUT2D eigenvalue weighted by Gasteiger charge is -2.26. The van der Waals surface area contributed by atoms with Gasteiger partial charge in [-0.3, -0.25) is 4.79 Å². The van der Waals surface area contributed by atoms with Crippen molar-refractivity contribution in [1.29, 1.82) is 0 Å². The van der Waals surface area contributed by atoms with Crippen LogP contribution in [0.25, 0.3) is 0 Å². The molecule has 2 N–H and O–H groups in total. The van der Waals surface area contributed by atoms with Crippen molar-refractivity contribution in [3.05, 3.63) is 0 Å². The Kier molecular flexibility index (Phi) is 5.77. The van der Waals surface area contributed by atoms with Crippen molar-refractivity contribution in [2.24, 2.45) is 5.92 Å². The van der Waals surface area contributed by atoms with Gasteiger partial charge in [0.1, 0.15) is 0 Å². The third kappa shape index (κ3) is 3.46. The molecule has 94 valence electrons. The average Bonchev–Trinajstić information content (AvgIpc) is 2.69. The molecular weight excluding hydrogens is 204 g/mol. The maximum atomic E-state index is 12.2. The molecule has 4 heteroatoms. The van der Waals surface area contributed by atoms with Gasteiger partial charge in [-0.1, -0.05) is 20.3 Å². The summed E-state index contributed by atoms with van der Waals surface area (Å²) in [5.41, 5.74) is 0. The number of nitrogens with one attached hydrogen (secondary N) is 1. The fourth-order valence-corrected chi connectivity index (χ4v) is 2.16. The van der Waals surface area contributed by atoms with Gasteiger partial charge in [0.2, 0.25) is 5.91 Å². The largest absolute Gasteiger partial charge is 0.395 e. The highest BCUT2D eigenvalue weighted by Crippen LogP contribution is 2.16. The summed E-state index contributed by atoms with van der Waals surface area (Å²) in [6.45, 7) is 6.43. The van der Waals surface area contributed by atoms with Gasteiger partial charge in [-0.15, -0.1) is 0 Å². The molecule has 1 fully saturated rings. The van der Waals surface area contributed by atoms with Gasteiger partial charge >= 0.3 is 0 Å². The molecule has 0 radical (unpaired) electrons. The molecule has 0 aromatic rings. The summed E-state index contributed by atoms with van der Waals surface area (Å²) in [6, 6.07) is -0.0385. The van der Waals surface area contributed by atoms with E-state index in [2.05, 4.69) is 19.2 Å². The summed E-state index contributed by atoms with van der Waals surface area (Å²) in [6.07, 6.45) is 3.15. The molecular formula is C12H24N2O2. The van der Waals surface area contributed by atoms with Crippen LogP contribution in [0.15, 0.2) is 0 Å². The van der Waals surface area contributed by atoms with E-state index in [0.717, 1.165) is 32.4 Å². The summed E-state index contributed by atoms with van der Waals surface area (Å²) in [4.78, 5) is 14.0. The zero-order valence-electron chi connectivity index (χ0n) is 10.4. The van der Waals surface area contributed by atoms with E-state index in [9.17, 15) is 4.79 Å². The second-order valence-corrected chi connectivity index (χ2v) is 4.60. The highest BCUT2D eigenvalue weighted by atomic mass is 16.3. The van der Waals surface area contributed by atoms with Crippen LogP contribution in [-0.2, 0) is 4.79 Å². The first-order chi connectivity index (χ1) is 7.70. The number of hydrogen-bond acceptors (Lipinski definition) is 3. The van der Waals surface area contributed by atoms with Gasteiger partial charge < -0.3 is 15.3 Å². The molecule has 1 aliphatic heterocycles. The third-order valence-electron chi connectivity index (χ3n) is 3.26. The average molecular weight is 228 g/mol. The minimum atomic E-state index is -0.0385. The summed E-state index contributed by atoms with van der Waals surface area (Å²) in [5.74, 6) is 0.572. The Morgan fingerprint density at radius 3 is 2.75 bits per heavy atom. The highest BCUT2D eigenvalue weighted by molar-refractivity contribution is 5.82. The molecule has 0 spiro atoms. The molecule has 2 atom stereocenters. The number of carbonyl (C=O) groups excluding carboxylic acids is 1. The van der Waals surface area contributed by atoms with Crippen molar-refractivity contribution < 1.29 is 9.90 Å². The molecule has 0 aromatic carbocycles. The zero-order valence-corrected chi connectivity index (χ0v) is 10.4. The van der Waals surface area contributed by atoms with Gasteiger partial charge in [0.25, 0.3) is 0 Å². The fourth-order valence-electron chi connectivity index (χ4n) is 2.16. The smallest absolute Gasteiger partial charge is 0.240 e. The van der Waals surface area contributed by atoms with Gasteiger partial charge in [0, 0.05) is 13.1 Å². The number of aliphatic hydroxyl groups excluding tert-OH is 1. The van der Waals surface area contributed by atoms with Crippen LogP contribution >= 0.6 is 0 Å². The van der Waals surface area contributed by atoms with Crippen LogP contribution in [0.1, 0.15) is 33.1 Å². The Balaban J connectivity index is 2.51. The van der Waals surface area contributed by atoms with Gasteiger partial charge in [-0.25, -0.2) is 0 Å².